The lowest BCUT2D eigenvalue weighted by Gasteiger charge is -2.04. The second-order valence-electron chi connectivity index (χ2n) is 5.08. The Morgan fingerprint density at radius 1 is 1.27 bits per heavy atom. The maximum atomic E-state index is 12.0. The molecule has 6 nitrogen and oxygen atoms in total. The van der Waals surface area contributed by atoms with Crippen molar-refractivity contribution in [2.24, 2.45) is 0 Å². The van der Waals surface area contributed by atoms with Gasteiger partial charge >= 0.3 is 0 Å². The summed E-state index contributed by atoms with van der Waals surface area (Å²) in [5.41, 5.74) is 3.52. The zero-order valence-corrected chi connectivity index (χ0v) is 12.4. The van der Waals surface area contributed by atoms with Crippen LogP contribution in [0.4, 0.5) is 0 Å². The van der Waals surface area contributed by atoms with E-state index in [1.54, 1.807) is 29.3 Å². The van der Waals surface area contributed by atoms with Gasteiger partial charge in [-0.1, -0.05) is 11.3 Å². The zero-order chi connectivity index (χ0) is 15.5. The molecule has 2 heterocycles. The van der Waals surface area contributed by atoms with Gasteiger partial charge in [0, 0.05) is 0 Å². The molecule has 0 saturated heterocycles. The fraction of sp³-hybridized carbons (Fsp3) is 0.188. The van der Waals surface area contributed by atoms with Gasteiger partial charge in [-0.25, -0.2) is 4.68 Å². The van der Waals surface area contributed by atoms with Crippen LogP contribution < -0.4 is 5.32 Å². The van der Waals surface area contributed by atoms with Crippen LogP contribution >= 0.6 is 0 Å². The summed E-state index contributed by atoms with van der Waals surface area (Å²) in [6.45, 7) is 4.41. The number of carbonyl (C=O) groups is 1. The molecule has 0 saturated carbocycles. The molecule has 1 aromatic carbocycles. The molecule has 0 atom stereocenters. The van der Waals surface area contributed by atoms with Crippen molar-refractivity contribution in [2.45, 2.75) is 20.4 Å². The number of nitrogens with zero attached hydrogens (tertiary/aromatic N) is 3. The number of nitrogens with one attached hydrogen (secondary N) is 1. The number of amides is 1. The first-order valence-corrected chi connectivity index (χ1v) is 6.94. The Labute approximate surface area is 127 Å². The highest BCUT2D eigenvalue weighted by atomic mass is 16.3. The topological polar surface area (TPSA) is 73.0 Å². The number of benzene rings is 1. The first kappa shape index (κ1) is 14.1. The fourth-order valence-corrected chi connectivity index (χ4v) is 2.03. The number of aromatic nitrogens is 3. The molecule has 3 aromatic rings. The van der Waals surface area contributed by atoms with Crippen molar-refractivity contribution in [1.29, 1.82) is 0 Å². The van der Waals surface area contributed by atoms with Crippen molar-refractivity contribution >= 4 is 5.91 Å². The molecule has 3 rings (SSSR count). The lowest BCUT2D eigenvalue weighted by Crippen LogP contribution is -2.22. The van der Waals surface area contributed by atoms with Crippen LogP contribution in [0.3, 0.4) is 0 Å². The van der Waals surface area contributed by atoms with Gasteiger partial charge in [0.1, 0.15) is 5.76 Å². The molecule has 0 aliphatic heterocycles. The van der Waals surface area contributed by atoms with Crippen LogP contribution in [-0.4, -0.2) is 20.9 Å². The lowest BCUT2D eigenvalue weighted by atomic mass is 10.1. The molecule has 1 amide bonds. The van der Waals surface area contributed by atoms with Crippen molar-refractivity contribution in [3.8, 4) is 5.69 Å². The summed E-state index contributed by atoms with van der Waals surface area (Å²) in [6, 6.07) is 9.54. The Morgan fingerprint density at radius 3 is 2.86 bits per heavy atom. The van der Waals surface area contributed by atoms with Crippen molar-refractivity contribution in [3.05, 3.63) is 65.4 Å². The molecule has 0 radical (unpaired) electrons. The number of aryl methyl sites for hydroxylation is 2. The van der Waals surface area contributed by atoms with Crippen LogP contribution in [-0.2, 0) is 6.54 Å². The SMILES string of the molecule is Cc1ccc(-n2cc(C(=O)NCc3ccco3)nn2)cc1C. The van der Waals surface area contributed by atoms with Crippen LogP contribution in [0.15, 0.2) is 47.2 Å². The average Bonchev–Trinajstić information content (AvgIpc) is 3.18. The summed E-state index contributed by atoms with van der Waals surface area (Å²) in [5.74, 6) is 0.404. The van der Waals surface area contributed by atoms with E-state index in [9.17, 15) is 4.79 Å². The van der Waals surface area contributed by atoms with E-state index >= 15 is 0 Å². The lowest BCUT2D eigenvalue weighted by molar-refractivity contribution is 0.0943. The molecule has 0 aliphatic carbocycles. The van der Waals surface area contributed by atoms with Crippen molar-refractivity contribution < 1.29 is 9.21 Å². The van der Waals surface area contributed by atoms with Crippen molar-refractivity contribution in [1.82, 2.24) is 20.3 Å². The van der Waals surface area contributed by atoms with Gasteiger partial charge in [-0.3, -0.25) is 4.79 Å². The Morgan fingerprint density at radius 2 is 2.14 bits per heavy atom. The molecule has 6 heteroatoms. The van der Waals surface area contributed by atoms with E-state index in [-0.39, 0.29) is 11.6 Å². The van der Waals surface area contributed by atoms with Gasteiger partial charge in [-0.05, 0) is 49.2 Å². The molecular weight excluding hydrogens is 280 g/mol. The molecule has 2 aromatic heterocycles. The minimum absolute atomic E-state index is 0.268. The number of carbonyl (C=O) groups excluding carboxylic acids is 1. The van der Waals surface area contributed by atoms with E-state index in [0.717, 1.165) is 11.3 Å². The Bertz CT molecular complexity index is 790. The number of furan rings is 1. The average molecular weight is 296 g/mol. The van der Waals surface area contributed by atoms with E-state index in [1.165, 1.54) is 5.56 Å². The smallest absolute Gasteiger partial charge is 0.273 e. The van der Waals surface area contributed by atoms with Crippen LogP contribution in [0.5, 0.6) is 0 Å². The van der Waals surface area contributed by atoms with E-state index in [2.05, 4.69) is 15.6 Å². The highest BCUT2D eigenvalue weighted by Gasteiger charge is 2.12. The number of hydrogen-bond donors (Lipinski definition) is 1. The third kappa shape index (κ3) is 2.90. The third-order valence-corrected chi connectivity index (χ3v) is 3.48. The van der Waals surface area contributed by atoms with Gasteiger partial charge in [-0.15, -0.1) is 5.10 Å². The number of hydrogen-bond acceptors (Lipinski definition) is 4. The number of rotatable bonds is 4. The first-order valence-electron chi connectivity index (χ1n) is 6.94. The second kappa shape index (κ2) is 5.85. The van der Waals surface area contributed by atoms with Gasteiger partial charge in [0.2, 0.25) is 0 Å². The predicted octanol–water partition coefficient (Wildman–Crippen LogP) is 2.41. The molecule has 0 fully saturated rings. The molecular formula is C16H16N4O2. The zero-order valence-electron chi connectivity index (χ0n) is 12.4. The van der Waals surface area contributed by atoms with E-state index in [4.69, 9.17) is 4.42 Å². The monoisotopic (exact) mass is 296 g/mol. The van der Waals surface area contributed by atoms with Gasteiger partial charge < -0.3 is 9.73 Å². The highest BCUT2D eigenvalue weighted by Crippen LogP contribution is 2.13. The van der Waals surface area contributed by atoms with Crippen LogP contribution in [0.25, 0.3) is 5.69 Å². The van der Waals surface area contributed by atoms with Gasteiger partial charge in [0.05, 0.1) is 24.7 Å². The molecule has 22 heavy (non-hydrogen) atoms. The quantitative estimate of drug-likeness (QED) is 0.802. The minimum atomic E-state index is -0.286. The Kier molecular flexibility index (Phi) is 3.74. The minimum Gasteiger partial charge on any atom is -0.467 e. The summed E-state index contributed by atoms with van der Waals surface area (Å²) in [6.07, 6.45) is 3.18. The molecule has 0 aliphatic rings. The molecule has 0 unspecified atom stereocenters. The fourth-order valence-electron chi connectivity index (χ4n) is 2.03. The Balaban J connectivity index is 1.72. The van der Waals surface area contributed by atoms with Crippen LogP contribution in [0.2, 0.25) is 0 Å². The van der Waals surface area contributed by atoms with E-state index in [1.807, 2.05) is 32.0 Å². The van der Waals surface area contributed by atoms with Crippen LogP contribution in [0.1, 0.15) is 27.4 Å². The first-order chi connectivity index (χ1) is 10.6. The third-order valence-electron chi connectivity index (χ3n) is 3.48. The maximum absolute atomic E-state index is 12.0. The summed E-state index contributed by atoms with van der Waals surface area (Å²) in [5, 5.41) is 10.7. The summed E-state index contributed by atoms with van der Waals surface area (Å²) in [4.78, 5) is 12.0. The Hall–Kier alpha value is -2.89. The summed E-state index contributed by atoms with van der Waals surface area (Å²) >= 11 is 0. The summed E-state index contributed by atoms with van der Waals surface area (Å²) < 4.78 is 6.75. The largest absolute Gasteiger partial charge is 0.467 e. The van der Waals surface area contributed by atoms with Crippen molar-refractivity contribution in [3.63, 3.8) is 0 Å². The van der Waals surface area contributed by atoms with Crippen molar-refractivity contribution in [2.75, 3.05) is 0 Å². The molecule has 112 valence electrons. The van der Waals surface area contributed by atoms with E-state index < -0.39 is 0 Å². The highest BCUT2D eigenvalue weighted by molar-refractivity contribution is 5.91. The van der Waals surface area contributed by atoms with Gasteiger partial charge in [-0.2, -0.15) is 0 Å². The molecule has 1 N–H and O–H groups in total. The summed E-state index contributed by atoms with van der Waals surface area (Å²) in [7, 11) is 0. The maximum Gasteiger partial charge on any atom is 0.273 e. The molecule has 0 spiro atoms. The standard InChI is InChI=1S/C16H16N4O2/c1-11-5-6-13(8-12(11)2)20-10-15(18-19-20)16(21)17-9-14-4-3-7-22-14/h3-8,10H,9H2,1-2H3,(H,17,21). The van der Waals surface area contributed by atoms with Gasteiger partial charge in [0.25, 0.3) is 5.91 Å². The van der Waals surface area contributed by atoms with E-state index in [0.29, 0.717) is 12.3 Å². The van der Waals surface area contributed by atoms with Gasteiger partial charge in [0.15, 0.2) is 5.69 Å². The second-order valence-corrected chi connectivity index (χ2v) is 5.08. The predicted molar refractivity (Wildman–Crippen MR) is 80.7 cm³/mol. The molecule has 0 bridgehead atoms. The normalized spacial score (nSPS) is 10.6. The van der Waals surface area contributed by atoms with Crippen LogP contribution in [0, 0.1) is 13.8 Å².